The highest BCUT2D eigenvalue weighted by Gasteiger charge is 2.23. The number of piperidine rings is 1. The van der Waals surface area contributed by atoms with E-state index in [9.17, 15) is 4.79 Å². The number of ether oxygens (including phenoxy) is 1. The van der Waals surface area contributed by atoms with Crippen molar-refractivity contribution in [1.29, 1.82) is 0 Å². The molecule has 5 nitrogen and oxygen atoms in total. The molecule has 2 heterocycles. The number of benzene rings is 2. The van der Waals surface area contributed by atoms with E-state index in [1.54, 1.807) is 18.4 Å². The molecule has 164 valence electrons. The second kappa shape index (κ2) is 10.7. The molecule has 1 atom stereocenters. The van der Waals surface area contributed by atoms with Crippen LogP contribution in [0.3, 0.4) is 0 Å². The monoisotopic (exact) mass is 437 g/mol. The van der Waals surface area contributed by atoms with Gasteiger partial charge in [0.2, 0.25) is 5.91 Å². The molecular weight excluding hydrogens is 406 g/mol. The number of fused-ring (bicyclic) bond motifs is 1. The van der Waals surface area contributed by atoms with Crippen LogP contribution in [0.4, 0.5) is 0 Å². The van der Waals surface area contributed by atoms with Gasteiger partial charge in [-0.3, -0.25) is 9.69 Å². The number of nitrogens with zero attached hydrogens (tertiary/aromatic N) is 2. The average Bonchev–Trinajstić information content (AvgIpc) is 3.23. The predicted octanol–water partition coefficient (Wildman–Crippen LogP) is 4.97. The molecule has 0 aliphatic carbocycles. The molecule has 1 fully saturated rings. The zero-order chi connectivity index (χ0) is 21.5. The first kappa shape index (κ1) is 21.8. The lowest BCUT2D eigenvalue weighted by Gasteiger charge is -2.35. The van der Waals surface area contributed by atoms with Crippen LogP contribution in [0.25, 0.3) is 10.2 Å². The Hall–Kier alpha value is -2.44. The van der Waals surface area contributed by atoms with Crippen molar-refractivity contribution in [1.82, 2.24) is 15.2 Å². The highest BCUT2D eigenvalue weighted by Crippen LogP contribution is 2.26. The third-order valence-corrected chi connectivity index (χ3v) is 7.05. The van der Waals surface area contributed by atoms with E-state index in [1.807, 2.05) is 30.3 Å². The number of aromatic nitrogens is 1. The van der Waals surface area contributed by atoms with Crippen LogP contribution in [-0.2, 0) is 11.2 Å². The first-order valence-electron chi connectivity index (χ1n) is 11.2. The molecule has 2 aromatic carbocycles. The summed E-state index contributed by atoms with van der Waals surface area (Å²) in [6.07, 6.45) is 5.95. The Morgan fingerprint density at radius 3 is 2.65 bits per heavy atom. The Morgan fingerprint density at radius 2 is 1.90 bits per heavy atom. The van der Waals surface area contributed by atoms with Crippen molar-refractivity contribution >= 4 is 27.5 Å². The number of likely N-dealkylation sites (tertiary alicyclic amines) is 1. The molecule has 1 N–H and O–H groups in total. The SMILES string of the molecule is COc1ccc([C@@H](CNC(=O)CCCc2nc3ccccc3s2)N2CCCCC2)cc1. The third kappa shape index (κ3) is 5.83. The standard InChI is InChI=1S/C25H31N3O2S/c1-30-20-14-12-19(13-15-20)22(28-16-5-2-6-17-28)18-26-24(29)10-7-11-25-27-21-8-3-4-9-23(21)31-25/h3-4,8-9,12-15,22H,2,5-7,10-11,16-18H2,1H3,(H,26,29)/t22-/m1/s1. The molecule has 0 radical (unpaired) electrons. The van der Waals surface area contributed by atoms with Crippen molar-refractivity contribution in [2.75, 3.05) is 26.7 Å². The number of rotatable bonds is 9. The van der Waals surface area contributed by atoms with Gasteiger partial charge in [-0.15, -0.1) is 11.3 Å². The summed E-state index contributed by atoms with van der Waals surface area (Å²) < 4.78 is 6.52. The quantitative estimate of drug-likeness (QED) is 0.513. The molecule has 1 saturated heterocycles. The summed E-state index contributed by atoms with van der Waals surface area (Å²) >= 11 is 1.73. The first-order valence-corrected chi connectivity index (χ1v) is 12.0. The van der Waals surface area contributed by atoms with E-state index in [-0.39, 0.29) is 11.9 Å². The number of hydrogen-bond donors (Lipinski definition) is 1. The number of nitrogens with one attached hydrogen (secondary N) is 1. The van der Waals surface area contributed by atoms with Crippen molar-refractivity contribution in [3.05, 3.63) is 59.1 Å². The fourth-order valence-corrected chi connectivity index (χ4v) is 5.25. The van der Waals surface area contributed by atoms with E-state index in [2.05, 4.69) is 33.4 Å². The molecule has 4 rings (SSSR count). The average molecular weight is 438 g/mol. The summed E-state index contributed by atoms with van der Waals surface area (Å²) in [5, 5.41) is 4.30. The Labute approximate surface area is 188 Å². The number of hydrogen-bond acceptors (Lipinski definition) is 5. The minimum Gasteiger partial charge on any atom is -0.497 e. The number of aryl methyl sites for hydroxylation is 1. The predicted molar refractivity (Wildman–Crippen MR) is 127 cm³/mol. The van der Waals surface area contributed by atoms with E-state index in [1.165, 1.54) is 29.5 Å². The smallest absolute Gasteiger partial charge is 0.220 e. The van der Waals surface area contributed by atoms with Gasteiger partial charge in [0.1, 0.15) is 5.75 Å². The van der Waals surface area contributed by atoms with Crippen molar-refractivity contribution in [3.8, 4) is 5.75 Å². The summed E-state index contributed by atoms with van der Waals surface area (Å²) in [5.41, 5.74) is 2.29. The van der Waals surface area contributed by atoms with E-state index >= 15 is 0 Å². The van der Waals surface area contributed by atoms with Crippen molar-refractivity contribution in [2.24, 2.45) is 0 Å². The van der Waals surface area contributed by atoms with Crippen molar-refractivity contribution in [2.45, 2.75) is 44.6 Å². The Kier molecular flexibility index (Phi) is 7.54. The second-order valence-electron chi connectivity index (χ2n) is 8.12. The molecule has 1 aromatic heterocycles. The number of methoxy groups -OCH3 is 1. The normalized spacial score (nSPS) is 15.6. The van der Waals surface area contributed by atoms with Gasteiger partial charge in [0.05, 0.1) is 28.4 Å². The Morgan fingerprint density at radius 1 is 1.13 bits per heavy atom. The van der Waals surface area contributed by atoms with Crippen molar-refractivity contribution in [3.63, 3.8) is 0 Å². The summed E-state index contributed by atoms with van der Waals surface area (Å²) in [7, 11) is 1.69. The van der Waals surface area contributed by atoms with Crippen LogP contribution >= 0.6 is 11.3 Å². The fraction of sp³-hybridized carbons (Fsp3) is 0.440. The van der Waals surface area contributed by atoms with Gasteiger partial charge in [-0.05, 0) is 68.6 Å². The summed E-state index contributed by atoms with van der Waals surface area (Å²) in [6.45, 7) is 2.82. The zero-order valence-corrected chi connectivity index (χ0v) is 19.0. The van der Waals surface area contributed by atoms with E-state index < -0.39 is 0 Å². The molecule has 1 amide bonds. The van der Waals surface area contributed by atoms with Crippen LogP contribution in [0.5, 0.6) is 5.75 Å². The molecule has 1 aliphatic heterocycles. The highest BCUT2D eigenvalue weighted by atomic mass is 32.1. The number of amides is 1. The maximum absolute atomic E-state index is 12.6. The van der Waals surface area contributed by atoms with E-state index in [4.69, 9.17) is 4.74 Å². The maximum atomic E-state index is 12.6. The molecule has 3 aromatic rings. The zero-order valence-electron chi connectivity index (χ0n) is 18.2. The molecule has 31 heavy (non-hydrogen) atoms. The lowest BCUT2D eigenvalue weighted by Crippen LogP contribution is -2.40. The molecule has 0 spiro atoms. The molecule has 6 heteroatoms. The van der Waals surface area contributed by atoms with E-state index in [0.29, 0.717) is 13.0 Å². The number of thiazole rings is 1. The van der Waals surface area contributed by atoms with Gasteiger partial charge in [-0.1, -0.05) is 30.7 Å². The third-order valence-electron chi connectivity index (χ3n) is 5.96. The Bertz CT molecular complexity index is 947. The van der Waals surface area contributed by atoms with Crippen LogP contribution in [0.1, 0.15) is 48.7 Å². The van der Waals surface area contributed by atoms with Gasteiger partial charge in [0, 0.05) is 13.0 Å². The van der Waals surface area contributed by atoms with Crippen LogP contribution in [0.15, 0.2) is 48.5 Å². The van der Waals surface area contributed by atoms with E-state index in [0.717, 1.165) is 42.2 Å². The van der Waals surface area contributed by atoms with Crippen LogP contribution in [-0.4, -0.2) is 42.5 Å². The first-order chi connectivity index (χ1) is 15.2. The van der Waals surface area contributed by atoms with Crippen molar-refractivity contribution < 1.29 is 9.53 Å². The number of para-hydroxylation sites is 1. The van der Waals surface area contributed by atoms with Gasteiger partial charge in [-0.25, -0.2) is 4.98 Å². The second-order valence-corrected chi connectivity index (χ2v) is 9.23. The largest absolute Gasteiger partial charge is 0.497 e. The summed E-state index contributed by atoms with van der Waals surface area (Å²) in [6, 6.07) is 16.7. The topological polar surface area (TPSA) is 54.5 Å². The van der Waals surface area contributed by atoms with Crippen LogP contribution < -0.4 is 10.1 Å². The van der Waals surface area contributed by atoms with Gasteiger partial charge in [-0.2, -0.15) is 0 Å². The van der Waals surface area contributed by atoms with Gasteiger partial charge >= 0.3 is 0 Å². The number of carbonyl (C=O) groups excluding carboxylic acids is 1. The van der Waals surface area contributed by atoms with Crippen LogP contribution in [0.2, 0.25) is 0 Å². The minimum atomic E-state index is 0.122. The summed E-state index contributed by atoms with van der Waals surface area (Å²) in [4.78, 5) is 19.7. The molecule has 0 unspecified atom stereocenters. The maximum Gasteiger partial charge on any atom is 0.220 e. The van der Waals surface area contributed by atoms with Gasteiger partial charge < -0.3 is 10.1 Å². The van der Waals surface area contributed by atoms with Crippen LogP contribution in [0, 0.1) is 0 Å². The Balaban J connectivity index is 1.30. The molecule has 0 saturated carbocycles. The molecular formula is C25H31N3O2S. The van der Waals surface area contributed by atoms with Gasteiger partial charge in [0.15, 0.2) is 0 Å². The lowest BCUT2D eigenvalue weighted by molar-refractivity contribution is -0.121. The molecule has 1 aliphatic rings. The highest BCUT2D eigenvalue weighted by molar-refractivity contribution is 7.18. The lowest BCUT2D eigenvalue weighted by atomic mass is 10.0. The molecule has 0 bridgehead atoms. The van der Waals surface area contributed by atoms with Gasteiger partial charge in [0.25, 0.3) is 0 Å². The summed E-state index contributed by atoms with van der Waals surface area (Å²) in [5.74, 6) is 0.983. The minimum absolute atomic E-state index is 0.122. The number of carbonyl (C=O) groups is 1. The fourth-order valence-electron chi connectivity index (χ4n) is 4.24.